The molecule has 1 fully saturated rings. The first-order valence-corrected chi connectivity index (χ1v) is 7.13. The summed E-state index contributed by atoms with van der Waals surface area (Å²) in [6, 6.07) is 9.92. The molecule has 1 aliphatic rings. The molecule has 2 N–H and O–H groups in total. The van der Waals surface area contributed by atoms with Gasteiger partial charge in [0.25, 0.3) is 0 Å². The molecule has 1 aliphatic heterocycles. The summed E-state index contributed by atoms with van der Waals surface area (Å²) in [6.45, 7) is 2.46. The lowest BCUT2D eigenvalue weighted by Crippen LogP contribution is -2.27. The molecule has 0 saturated carbocycles. The van der Waals surface area contributed by atoms with E-state index in [4.69, 9.17) is 20.2 Å². The molecule has 5 nitrogen and oxygen atoms in total. The van der Waals surface area contributed by atoms with E-state index in [0.29, 0.717) is 0 Å². The average Bonchev–Trinajstić information content (AvgIpc) is 2.89. The van der Waals surface area contributed by atoms with Crippen LogP contribution in [0.1, 0.15) is 5.69 Å². The Balaban J connectivity index is 1.79. The lowest BCUT2D eigenvalue weighted by atomic mass is 10.1. The molecule has 1 saturated heterocycles. The van der Waals surface area contributed by atoms with E-state index in [1.807, 2.05) is 30.3 Å². The second-order valence-corrected chi connectivity index (χ2v) is 5.46. The monoisotopic (exact) mass is 287 g/mol. The number of nitrogens with two attached hydrogens (primary N) is 1. The smallest absolute Gasteiger partial charge is 0.0971 e. The van der Waals surface area contributed by atoms with Crippen LogP contribution in [0.5, 0.6) is 0 Å². The first-order chi connectivity index (χ1) is 10.2. The van der Waals surface area contributed by atoms with E-state index in [-0.39, 0.29) is 12.2 Å². The molecule has 0 amide bonds. The number of nitrogens with zero attached hydrogens (tertiary/aromatic N) is 2. The lowest BCUT2D eigenvalue weighted by Gasteiger charge is -2.15. The minimum absolute atomic E-state index is 0.118. The summed E-state index contributed by atoms with van der Waals surface area (Å²) in [5.41, 5.74) is 8.84. The summed E-state index contributed by atoms with van der Waals surface area (Å²) in [5.74, 6) is 0. The van der Waals surface area contributed by atoms with Crippen LogP contribution in [0.2, 0.25) is 0 Å². The third-order valence-corrected chi connectivity index (χ3v) is 4.08. The van der Waals surface area contributed by atoms with Gasteiger partial charge in [0.05, 0.1) is 23.4 Å². The van der Waals surface area contributed by atoms with E-state index < -0.39 is 0 Å². The fraction of sp³-hybridized carbons (Fsp3) is 0.438. The number of anilines is 1. The first kappa shape index (κ1) is 14.3. The first-order valence-electron chi connectivity index (χ1n) is 7.13. The fourth-order valence-electron chi connectivity index (χ4n) is 2.97. The van der Waals surface area contributed by atoms with Crippen molar-refractivity contribution in [1.82, 2.24) is 9.88 Å². The third-order valence-electron chi connectivity index (χ3n) is 4.08. The third kappa shape index (κ3) is 2.85. The number of hydrogen-bond acceptors (Lipinski definition) is 5. The summed E-state index contributed by atoms with van der Waals surface area (Å²) >= 11 is 0. The van der Waals surface area contributed by atoms with E-state index in [2.05, 4.69) is 4.90 Å². The van der Waals surface area contributed by atoms with Crippen LogP contribution in [0, 0.1) is 0 Å². The number of methoxy groups -OCH3 is 2. The minimum atomic E-state index is 0.118. The molecule has 1 aromatic heterocycles. The highest BCUT2D eigenvalue weighted by Crippen LogP contribution is 2.23. The van der Waals surface area contributed by atoms with Crippen molar-refractivity contribution in [2.75, 3.05) is 33.0 Å². The Morgan fingerprint density at radius 2 is 1.86 bits per heavy atom. The Kier molecular flexibility index (Phi) is 4.05. The van der Waals surface area contributed by atoms with Crippen LogP contribution in [0.3, 0.4) is 0 Å². The van der Waals surface area contributed by atoms with Crippen molar-refractivity contribution in [2.24, 2.45) is 0 Å². The Hall–Kier alpha value is -1.69. The summed E-state index contributed by atoms with van der Waals surface area (Å²) in [6.07, 6.45) is 0.237. The van der Waals surface area contributed by atoms with Crippen LogP contribution in [-0.4, -0.2) is 49.4 Å². The van der Waals surface area contributed by atoms with Crippen LogP contribution >= 0.6 is 0 Å². The molecule has 0 radical (unpaired) electrons. The lowest BCUT2D eigenvalue weighted by molar-refractivity contribution is -0.00461. The highest BCUT2D eigenvalue weighted by atomic mass is 16.5. The number of hydrogen-bond donors (Lipinski definition) is 1. The van der Waals surface area contributed by atoms with E-state index in [9.17, 15) is 0 Å². The number of pyridine rings is 1. The van der Waals surface area contributed by atoms with E-state index in [1.54, 1.807) is 14.2 Å². The number of ether oxygens (including phenoxy) is 2. The summed E-state index contributed by atoms with van der Waals surface area (Å²) in [7, 11) is 3.46. The fourth-order valence-corrected chi connectivity index (χ4v) is 2.97. The van der Waals surface area contributed by atoms with E-state index in [1.165, 1.54) is 0 Å². The van der Waals surface area contributed by atoms with Crippen LogP contribution < -0.4 is 5.73 Å². The van der Waals surface area contributed by atoms with Gasteiger partial charge in [-0.3, -0.25) is 9.88 Å². The van der Waals surface area contributed by atoms with Crippen LogP contribution in [0.15, 0.2) is 30.3 Å². The van der Waals surface area contributed by atoms with Crippen LogP contribution in [-0.2, 0) is 16.0 Å². The molecule has 21 heavy (non-hydrogen) atoms. The molecule has 2 atom stereocenters. The number of likely N-dealkylation sites (tertiary alicyclic amines) is 1. The molecule has 0 bridgehead atoms. The Morgan fingerprint density at radius 1 is 1.19 bits per heavy atom. The average molecular weight is 287 g/mol. The van der Waals surface area contributed by atoms with Crippen molar-refractivity contribution >= 4 is 16.6 Å². The van der Waals surface area contributed by atoms with Gasteiger partial charge in [0.1, 0.15) is 0 Å². The normalized spacial score (nSPS) is 23.0. The maximum Gasteiger partial charge on any atom is 0.0971 e. The van der Waals surface area contributed by atoms with Gasteiger partial charge in [-0.2, -0.15) is 0 Å². The quantitative estimate of drug-likeness (QED) is 0.926. The van der Waals surface area contributed by atoms with Crippen LogP contribution in [0.25, 0.3) is 10.9 Å². The zero-order chi connectivity index (χ0) is 14.8. The molecule has 2 unspecified atom stereocenters. The van der Waals surface area contributed by atoms with Gasteiger partial charge in [-0.15, -0.1) is 0 Å². The summed E-state index contributed by atoms with van der Waals surface area (Å²) < 4.78 is 10.9. The molecule has 0 spiro atoms. The van der Waals surface area contributed by atoms with E-state index in [0.717, 1.165) is 41.9 Å². The zero-order valence-corrected chi connectivity index (χ0v) is 12.5. The number of benzene rings is 1. The molecule has 0 aliphatic carbocycles. The molecule has 2 aromatic rings. The van der Waals surface area contributed by atoms with Gasteiger partial charge in [0.2, 0.25) is 0 Å². The Bertz CT molecular complexity index is 620. The molecule has 3 rings (SSSR count). The van der Waals surface area contributed by atoms with Crippen molar-refractivity contribution in [1.29, 1.82) is 0 Å². The largest absolute Gasteiger partial charge is 0.398 e. The topological polar surface area (TPSA) is 60.6 Å². The highest BCUT2D eigenvalue weighted by Gasteiger charge is 2.32. The van der Waals surface area contributed by atoms with Crippen molar-refractivity contribution in [3.05, 3.63) is 36.0 Å². The van der Waals surface area contributed by atoms with Crippen molar-refractivity contribution in [3.63, 3.8) is 0 Å². The van der Waals surface area contributed by atoms with Crippen molar-refractivity contribution in [3.8, 4) is 0 Å². The highest BCUT2D eigenvalue weighted by molar-refractivity contribution is 5.90. The van der Waals surface area contributed by atoms with Gasteiger partial charge >= 0.3 is 0 Å². The second kappa shape index (κ2) is 5.97. The van der Waals surface area contributed by atoms with E-state index >= 15 is 0 Å². The van der Waals surface area contributed by atoms with Gasteiger partial charge in [0, 0.05) is 44.9 Å². The second-order valence-electron chi connectivity index (χ2n) is 5.46. The van der Waals surface area contributed by atoms with Crippen molar-refractivity contribution in [2.45, 2.75) is 18.8 Å². The number of fused-ring (bicyclic) bond motifs is 1. The van der Waals surface area contributed by atoms with Gasteiger partial charge in [0.15, 0.2) is 0 Å². The summed E-state index contributed by atoms with van der Waals surface area (Å²) in [4.78, 5) is 6.99. The molecular formula is C16H21N3O2. The molecule has 2 heterocycles. The van der Waals surface area contributed by atoms with Crippen LogP contribution in [0.4, 0.5) is 5.69 Å². The molecule has 5 heteroatoms. The molecule has 112 valence electrons. The maximum absolute atomic E-state index is 6.13. The number of nitrogen functional groups attached to an aromatic ring is 1. The van der Waals surface area contributed by atoms with Gasteiger partial charge in [-0.05, 0) is 12.1 Å². The Morgan fingerprint density at radius 3 is 2.52 bits per heavy atom. The Labute approximate surface area is 124 Å². The predicted molar refractivity (Wildman–Crippen MR) is 83.0 cm³/mol. The van der Waals surface area contributed by atoms with Gasteiger partial charge < -0.3 is 15.2 Å². The number of para-hydroxylation sites is 1. The van der Waals surface area contributed by atoms with Gasteiger partial charge in [-0.1, -0.05) is 18.2 Å². The standard InChI is InChI=1S/C16H21N3O2/c1-20-15-9-19(10-16(15)21-2)8-11-7-13(17)12-5-3-4-6-14(12)18-11/h3-7,15-16H,8-10H2,1-2H3,(H2,17,18). The maximum atomic E-state index is 6.13. The molecule has 1 aromatic carbocycles. The number of aromatic nitrogens is 1. The molecular weight excluding hydrogens is 266 g/mol. The van der Waals surface area contributed by atoms with Crippen molar-refractivity contribution < 1.29 is 9.47 Å². The minimum Gasteiger partial charge on any atom is -0.398 e. The number of rotatable bonds is 4. The zero-order valence-electron chi connectivity index (χ0n) is 12.5. The summed E-state index contributed by atoms with van der Waals surface area (Å²) in [5, 5.41) is 1.01. The SMILES string of the molecule is COC1CN(Cc2cc(N)c3ccccc3n2)CC1OC. The van der Waals surface area contributed by atoms with Gasteiger partial charge in [-0.25, -0.2) is 0 Å². The predicted octanol–water partition coefficient (Wildman–Crippen LogP) is 1.66.